The number of carbonyl (C=O) groups is 1. The highest BCUT2D eigenvalue weighted by molar-refractivity contribution is 5.88. The summed E-state index contributed by atoms with van der Waals surface area (Å²) in [5, 5.41) is 0. The molecule has 1 rings (SSSR count). The normalized spacial score (nSPS) is 18.8. The summed E-state index contributed by atoms with van der Waals surface area (Å²) in [5.41, 5.74) is 5.53. The molecule has 0 radical (unpaired) electrons. The quantitative estimate of drug-likeness (QED) is 0.736. The molecule has 1 fully saturated rings. The average Bonchev–Trinajstić information content (AvgIpc) is 2.69. The van der Waals surface area contributed by atoms with Gasteiger partial charge in [-0.2, -0.15) is 0 Å². The maximum absolute atomic E-state index is 12.0. The lowest BCUT2D eigenvalue weighted by Crippen LogP contribution is -2.47. The van der Waals surface area contributed by atoms with Crippen LogP contribution in [-0.2, 0) is 4.79 Å². The minimum absolute atomic E-state index is 0.286. The lowest BCUT2D eigenvalue weighted by atomic mass is 9.84. The maximum atomic E-state index is 12.0. The van der Waals surface area contributed by atoms with Crippen LogP contribution in [0.5, 0.6) is 0 Å². The molecule has 0 spiro atoms. The second kappa shape index (κ2) is 4.92. The minimum Gasteiger partial charge on any atom is -0.319 e. The standard InChI is InChI=1S/C12H23NO/c1-3-12(13,4-2)11(14)9-10-7-5-6-8-10/h10H,3-9,13H2,1-2H3. The summed E-state index contributed by atoms with van der Waals surface area (Å²) in [6.07, 6.45) is 7.33. The van der Waals surface area contributed by atoms with Crippen LogP contribution in [0.1, 0.15) is 58.8 Å². The van der Waals surface area contributed by atoms with Crippen LogP contribution in [0.4, 0.5) is 0 Å². The molecule has 0 aromatic rings. The molecular formula is C12H23NO. The second-order valence-corrected chi connectivity index (χ2v) is 4.64. The summed E-state index contributed by atoms with van der Waals surface area (Å²) in [7, 11) is 0. The van der Waals surface area contributed by atoms with E-state index < -0.39 is 5.54 Å². The van der Waals surface area contributed by atoms with Gasteiger partial charge in [-0.05, 0) is 18.8 Å². The van der Waals surface area contributed by atoms with Crippen molar-refractivity contribution in [1.29, 1.82) is 0 Å². The van der Waals surface area contributed by atoms with Gasteiger partial charge in [0.25, 0.3) is 0 Å². The molecule has 0 unspecified atom stereocenters. The smallest absolute Gasteiger partial charge is 0.152 e. The number of carbonyl (C=O) groups excluding carboxylic acids is 1. The summed E-state index contributed by atoms with van der Waals surface area (Å²) >= 11 is 0. The molecule has 2 N–H and O–H groups in total. The maximum Gasteiger partial charge on any atom is 0.152 e. The number of nitrogens with two attached hydrogens (primary N) is 1. The molecule has 0 aromatic heterocycles. The zero-order chi connectivity index (χ0) is 10.6. The highest BCUT2D eigenvalue weighted by Crippen LogP contribution is 2.29. The van der Waals surface area contributed by atoms with Crippen molar-refractivity contribution in [2.75, 3.05) is 0 Å². The molecule has 0 saturated heterocycles. The van der Waals surface area contributed by atoms with Crippen LogP contribution in [0.2, 0.25) is 0 Å². The molecule has 0 aromatic carbocycles. The van der Waals surface area contributed by atoms with Crippen LogP contribution in [0, 0.1) is 5.92 Å². The third-order valence-electron chi connectivity index (χ3n) is 3.77. The molecule has 1 saturated carbocycles. The van der Waals surface area contributed by atoms with Crippen LogP contribution >= 0.6 is 0 Å². The monoisotopic (exact) mass is 197 g/mol. The van der Waals surface area contributed by atoms with Gasteiger partial charge in [0.2, 0.25) is 0 Å². The molecule has 1 aliphatic rings. The molecule has 14 heavy (non-hydrogen) atoms. The Morgan fingerprint density at radius 3 is 2.21 bits per heavy atom. The van der Waals surface area contributed by atoms with Gasteiger partial charge in [0.1, 0.15) is 0 Å². The Labute approximate surface area is 87.2 Å². The van der Waals surface area contributed by atoms with Crippen molar-refractivity contribution in [3.8, 4) is 0 Å². The molecule has 0 amide bonds. The van der Waals surface area contributed by atoms with Gasteiger partial charge in [0.15, 0.2) is 5.78 Å². The largest absolute Gasteiger partial charge is 0.319 e. The van der Waals surface area contributed by atoms with Gasteiger partial charge in [-0.3, -0.25) is 4.79 Å². The number of rotatable bonds is 5. The molecule has 0 aliphatic heterocycles. The van der Waals surface area contributed by atoms with E-state index in [1.165, 1.54) is 25.7 Å². The van der Waals surface area contributed by atoms with E-state index in [4.69, 9.17) is 5.73 Å². The number of ketones is 1. The van der Waals surface area contributed by atoms with Crippen LogP contribution in [-0.4, -0.2) is 11.3 Å². The Morgan fingerprint density at radius 1 is 1.29 bits per heavy atom. The van der Waals surface area contributed by atoms with E-state index in [1.54, 1.807) is 0 Å². The molecule has 2 nitrogen and oxygen atoms in total. The van der Waals surface area contributed by atoms with Gasteiger partial charge in [-0.25, -0.2) is 0 Å². The fourth-order valence-electron chi connectivity index (χ4n) is 2.32. The average molecular weight is 197 g/mol. The van der Waals surface area contributed by atoms with Crippen molar-refractivity contribution in [3.63, 3.8) is 0 Å². The van der Waals surface area contributed by atoms with Crippen molar-refractivity contribution < 1.29 is 4.79 Å². The Hall–Kier alpha value is -0.370. The highest BCUT2D eigenvalue weighted by atomic mass is 16.1. The first-order valence-electron chi connectivity index (χ1n) is 5.94. The van der Waals surface area contributed by atoms with E-state index in [2.05, 4.69) is 0 Å². The van der Waals surface area contributed by atoms with E-state index in [0.717, 1.165) is 19.3 Å². The molecule has 2 heteroatoms. The Kier molecular flexibility index (Phi) is 4.11. The molecule has 0 bridgehead atoms. The van der Waals surface area contributed by atoms with Gasteiger partial charge in [0.05, 0.1) is 5.54 Å². The highest BCUT2D eigenvalue weighted by Gasteiger charge is 2.31. The van der Waals surface area contributed by atoms with Crippen LogP contribution in [0.25, 0.3) is 0 Å². The fourth-order valence-corrected chi connectivity index (χ4v) is 2.32. The first-order chi connectivity index (χ1) is 6.62. The van der Waals surface area contributed by atoms with Gasteiger partial charge >= 0.3 is 0 Å². The van der Waals surface area contributed by atoms with Crippen molar-refractivity contribution in [2.45, 2.75) is 64.3 Å². The summed E-state index contributed by atoms with van der Waals surface area (Å²) in [6.45, 7) is 4.02. The van der Waals surface area contributed by atoms with Crippen molar-refractivity contribution in [1.82, 2.24) is 0 Å². The summed E-state index contributed by atoms with van der Waals surface area (Å²) < 4.78 is 0. The number of Topliss-reactive ketones (excluding diaryl/α,β-unsaturated/α-hetero) is 1. The Bertz CT molecular complexity index is 190. The fraction of sp³-hybridized carbons (Fsp3) is 0.917. The summed E-state index contributed by atoms with van der Waals surface area (Å²) in [4.78, 5) is 12.0. The molecular weight excluding hydrogens is 174 g/mol. The number of hydrogen-bond donors (Lipinski definition) is 1. The predicted octanol–water partition coefficient (Wildman–Crippen LogP) is 2.65. The summed E-state index contributed by atoms with van der Waals surface area (Å²) in [5.74, 6) is 0.915. The number of hydrogen-bond acceptors (Lipinski definition) is 2. The van der Waals surface area contributed by atoms with Crippen LogP contribution in [0.3, 0.4) is 0 Å². The summed E-state index contributed by atoms with van der Waals surface area (Å²) in [6, 6.07) is 0. The Balaban J connectivity index is 2.46. The first kappa shape index (κ1) is 11.7. The zero-order valence-corrected chi connectivity index (χ0v) is 9.51. The zero-order valence-electron chi connectivity index (χ0n) is 9.51. The third-order valence-corrected chi connectivity index (χ3v) is 3.77. The van der Waals surface area contributed by atoms with Crippen molar-refractivity contribution in [3.05, 3.63) is 0 Å². The van der Waals surface area contributed by atoms with Crippen LogP contribution in [0.15, 0.2) is 0 Å². The van der Waals surface area contributed by atoms with Crippen molar-refractivity contribution >= 4 is 5.78 Å². The van der Waals surface area contributed by atoms with Gasteiger partial charge < -0.3 is 5.73 Å². The van der Waals surface area contributed by atoms with E-state index in [0.29, 0.717) is 5.92 Å². The second-order valence-electron chi connectivity index (χ2n) is 4.64. The van der Waals surface area contributed by atoms with Gasteiger partial charge in [-0.1, -0.05) is 39.5 Å². The van der Waals surface area contributed by atoms with Crippen molar-refractivity contribution in [2.24, 2.45) is 11.7 Å². The molecule has 0 atom stereocenters. The Morgan fingerprint density at radius 2 is 1.79 bits per heavy atom. The van der Waals surface area contributed by atoms with E-state index in [9.17, 15) is 4.79 Å². The van der Waals surface area contributed by atoms with Gasteiger partial charge in [-0.15, -0.1) is 0 Å². The van der Waals surface area contributed by atoms with Gasteiger partial charge in [0, 0.05) is 6.42 Å². The lowest BCUT2D eigenvalue weighted by molar-refractivity contribution is -0.125. The van der Waals surface area contributed by atoms with E-state index in [-0.39, 0.29) is 5.78 Å². The van der Waals surface area contributed by atoms with E-state index >= 15 is 0 Å². The minimum atomic E-state index is -0.539. The lowest BCUT2D eigenvalue weighted by Gasteiger charge is -2.26. The molecule has 1 aliphatic carbocycles. The first-order valence-corrected chi connectivity index (χ1v) is 5.94. The molecule has 0 heterocycles. The predicted molar refractivity (Wildman–Crippen MR) is 59.1 cm³/mol. The third kappa shape index (κ3) is 2.57. The van der Waals surface area contributed by atoms with Crippen LogP contribution < -0.4 is 5.73 Å². The topological polar surface area (TPSA) is 43.1 Å². The SMILES string of the molecule is CCC(N)(CC)C(=O)CC1CCCC1. The van der Waals surface area contributed by atoms with E-state index in [1.807, 2.05) is 13.8 Å². The molecule has 82 valence electrons.